The van der Waals surface area contributed by atoms with E-state index < -0.39 is 5.91 Å². The van der Waals surface area contributed by atoms with Gasteiger partial charge in [0.2, 0.25) is 5.88 Å². The lowest BCUT2D eigenvalue weighted by atomic mass is 10.1. The molecule has 6 heteroatoms. The highest BCUT2D eigenvalue weighted by Gasteiger charge is 2.24. The third-order valence-corrected chi connectivity index (χ3v) is 3.83. The smallest absolute Gasteiger partial charge is 0.250 e. The van der Waals surface area contributed by atoms with E-state index in [-0.39, 0.29) is 0 Å². The molecule has 2 aliphatic rings. The average Bonchev–Trinajstić information content (AvgIpc) is 2.99. The Hall–Kier alpha value is -2.89. The average molecular weight is 294 g/mol. The number of nitrogens with two attached hydrogens (primary N) is 1. The van der Waals surface area contributed by atoms with E-state index in [2.05, 4.69) is 9.98 Å². The summed E-state index contributed by atoms with van der Waals surface area (Å²) in [7, 11) is 0. The van der Waals surface area contributed by atoms with Crippen molar-refractivity contribution in [3.05, 3.63) is 46.6 Å². The molecular weight excluding hydrogens is 280 g/mol. The summed E-state index contributed by atoms with van der Waals surface area (Å²) < 4.78 is 5.66. The van der Waals surface area contributed by atoms with Crippen LogP contribution in [0.15, 0.2) is 35.3 Å². The molecule has 0 radical (unpaired) electrons. The van der Waals surface area contributed by atoms with E-state index >= 15 is 0 Å². The molecule has 1 aromatic carbocycles. The van der Waals surface area contributed by atoms with Gasteiger partial charge in [0.05, 0.1) is 24.3 Å². The minimum absolute atomic E-state index is 0.445. The lowest BCUT2D eigenvalue weighted by molar-refractivity contribution is 0.100. The van der Waals surface area contributed by atoms with Crippen LogP contribution in [-0.4, -0.2) is 30.6 Å². The molecule has 0 saturated carbocycles. The van der Waals surface area contributed by atoms with Crippen molar-refractivity contribution < 1.29 is 9.53 Å². The molecule has 0 atom stereocenters. The summed E-state index contributed by atoms with van der Waals surface area (Å²) in [5, 5.41) is 0.991. The van der Waals surface area contributed by atoms with Gasteiger partial charge in [0.15, 0.2) is 5.49 Å². The van der Waals surface area contributed by atoms with Crippen LogP contribution in [0.25, 0.3) is 6.08 Å². The predicted molar refractivity (Wildman–Crippen MR) is 81.8 cm³/mol. The van der Waals surface area contributed by atoms with Gasteiger partial charge in [-0.05, 0) is 18.2 Å². The second-order valence-electron chi connectivity index (χ2n) is 5.15. The van der Waals surface area contributed by atoms with Gasteiger partial charge in [-0.3, -0.25) is 9.79 Å². The van der Waals surface area contributed by atoms with Gasteiger partial charge in [-0.2, -0.15) is 4.98 Å². The monoisotopic (exact) mass is 294 g/mol. The van der Waals surface area contributed by atoms with E-state index in [1.165, 1.54) is 0 Å². The molecule has 0 unspecified atom stereocenters. The number of carbonyl (C=O) groups excluding carboxylic acids is 1. The van der Waals surface area contributed by atoms with Gasteiger partial charge in [-0.25, -0.2) is 0 Å². The van der Waals surface area contributed by atoms with Crippen LogP contribution in [0.2, 0.25) is 0 Å². The molecule has 6 nitrogen and oxygen atoms in total. The number of rotatable bonds is 2. The van der Waals surface area contributed by atoms with Crippen LogP contribution in [-0.2, 0) is 0 Å². The standard InChI is InChI=1S/C16H14N4O2/c17-14(21)11-3-1-2-4-12(11)20-7-8-22-16-13(20)9-10-5-6-18-15(10)19-16/h1-5,9H,6-8H2,(H2,17,21). The highest BCUT2D eigenvalue weighted by Crippen LogP contribution is 2.35. The van der Waals surface area contributed by atoms with Crippen molar-refractivity contribution in [1.82, 2.24) is 4.98 Å². The van der Waals surface area contributed by atoms with E-state index in [4.69, 9.17) is 10.5 Å². The van der Waals surface area contributed by atoms with Crippen molar-refractivity contribution in [3.8, 4) is 5.88 Å². The zero-order chi connectivity index (χ0) is 15.1. The third kappa shape index (κ3) is 1.92. The van der Waals surface area contributed by atoms with Crippen molar-refractivity contribution in [2.24, 2.45) is 10.7 Å². The molecule has 2 N–H and O–H groups in total. The number of nitrogens with zero attached hydrogens (tertiary/aromatic N) is 3. The van der Waals surface area contributed by atoms with E-state index in [0.717, 1.165) is 16.6 Å². The maximum Gasteiger partial charge on any atom is 0.250 e. The van der Waals surface area contributed by atoms with Gasteiger partial charge in [0, 0.05) is 5.22 Å². The van der Waals surface area contributed by atoms with Gasteiger partial charge < -0.3 is 15.4 Å². The first-order chi connectivity index (χ1) is 10.7. The fourth-order valence-electron chi connectivity index (χ4n) is 2.82. The fourth-order valence-corrected chi connectivity index (χ4v) is 2.82. The number of ether oxygens (including phenoxy) is 1. The molecule has 2 aliphatic heterocycles. The van der Waals surface area contributed by atoms with Gasteiger partial charge in [0.25, 0.3) is 5.91 Å². The number of fused-ring (bicyclic) bond motifs is 2. The second kappa shape index (κ2) is 4.84. The number of para-hydroxylation sites is 1. The Bertz CT molecular complexity index is 892. The van der Waals surface area contributed by atoms with Crippen LogP contribution >= 0.6 is 0 Å². The van der Waals surface area contributed by atoms with Crippen molar-refractivity contribution in [2.75, 3.05) is 24.6 Å². The molecule has 2 aromatic rings. The Morgan fingerprint density at radius 2 is 2.14 bits per heavy atom. The minimum atomic E-state index is -0.445. The molecule has 0 aliphatic carbocycles. The molecule has 110 valence electrons. The van der Waals surface area contributed by atoms with Gasteiger partial charge in [-0.1, -0.05) is 18.2 Å². The van der Waals surface area contributed by atoms with Crippen LogP contribution in [0, 0.1) is 0 Å². The molecule has 4 rings (SSSR count). The molecular formula is C16H14N4O2. The predicted octanol–water partition coefficient (Wildman–Crippen LogP) is 0.125. The number of primary amides is 1. The zero-order valence-electron chi connectivity index (χ0n) is 11.8. The highest BCUT2D eigenvalue weighted by atomic mass is 16.5. The summed E-state index contributed by atoms with van der Waals surface area (Å²) >= 11 is 0. The molecule has 1 amide bonds. The van der Waals surface area contributed by atoms with Crippen molar-refractivity contribution >= 4 is 23.4 Å². The molecule has 0 spiro atoms. The SMILES string of the molecule is NC(=O)c1ccccc1N1CCOc2nc3c(cc21)=CCN=3. The van der Waals surface area contributed by atoms with E-state index in [0.29, 0.717) is 36.6 Å². The first-order valence-corrected chi connectivity index (χ1v) is 7.09. The first kappa shape index (κ1) is 12.8. The normalized spacial score (nSPS) is 15.2. The van der Waals surface area contributed by atoms with Gasteiger partial charge >= 0.3 is 0 Å². The number of amides is 1. The van der Waals surface area contributed by atoms with Gasteiger partial charge in [0.1, 0.15) is 12.3 Å². The summed E-state index contributed by atoms with van der Waals surface area (Å²) in [6, 6.07) is 9.31. The summed E-state index contributed by atoms with van der Waals surface area (Å²) in [6.07, 6.45) is 2.02. The lowest BCUT2D eigenvalue weighted by Crippen LogP contribution is -2.35. The number of benzene rings is 1. The topological polar surface area (TPSA) is 80.8 Å². The molecule has 3 heterocycles. The number of carbonyl (C=O) groups is 1. The Morgan fingerprint density at radius 3 is 3.00 bits per heavy atom. The van der Waals surface area contributed by atoms with Crippen molar-refractivity contribution in [2.45, 2.75) is 0 Å². The summed E-state index contributed by atoms with van der Waals surface area (Å²) in [5.41, 5.74) is 8.31. The van der Waals surface area contributed by atoms with Crippen LogP contribution in [0.3, 0.4) is 0 Å². The Labute approximate surface area is 126 Å². The quantitative estimate of drug-likeness (QED) is 0.853. The summed E-state index contributed by atoms with van der Waals surface area (Å²) in [6.45, 7) is 1.77. The highest BCUT2D eigenvalue weighted by molar-refractivity contribution is 5.99. The second-order valence-corrected chi connectivity index (χ2v) is 5.15. The first-order valence-electron chi connectivity index (χ1n) is 7.09. The molecule has 0 fully saturated rings. The molecule has 22 heavy (non-hydrogen) atoms. The number of hydrogen-bond acceptors (Lipinski definition) is 5. The lowest BCUT2D eigenvalue weighted by Gasteiger charge is -2.31. The van der Waals surface area contributed by atoms with Crippen LogP contribution < -0.4 is 26.1 Å². The Balaban J connectivity index is 1.91. The van der Waals surface area contributed by atoms with Crippen molar-refractivity contribution in [1.29, 1.82) is 0 Å². The van der Waals surface area contributed by atoms with E-state index in [1.807, 2.05) is 29.2 Å². The molecule has 1 aromatic heterocycles. The number of aromatic nitrogens is 1. The van der Waals surface area contributed by atoms with Crippen LogP contribution in [0.5, 0.6) is 5.88 Å². The fraction of sp³-hybridized carbons (Fsp3) is 0.188. The maximum atomic E-state index is 11.7. The van der Waals surface area contributed by atoms with Gasteiger partial charge in [-0.15, -0.1) is 0 Å². The van der Waals surface area contributed by atoms with E-state index in [9.17, 15) is 4.79 Å². The maximum absolute atomic E-state index is 11.7. The van der Waals surface area contributed by atoms with E-state index in [1.54, 1.807) is 12.1 Å². The largest absolute Gasteiger partial charge is 0.474 e. The number of anilines is 2. The summed E-state index contributed by atoms with van der Waals surface area (Å²) in [5.74, 6) is 0.0997. The zero-order valence-corrected chi connectivity index (χ0v) is 11.8. The summed E-state index contributed by atoms with van der Waals surface area (Å²) in [4.78, 5) is 22.5. The molecule has 0 bridgehead atoms. The minimum Gasteiger partial charge on any atom is -0.474 e. The van der Waals surface area contributed by atoms with Crippen LogP contribution in [0.1, 0.15) is 10.4 Å². The van der Waals surface area contributed by atoms with Crippen molar-refractivity contribution in [3.63, 3.8) is 0 Å². The Kier molecular flexibility index (Phi) is 2.82. The van der Waals surface area contributed by atoms with Crippen LogP contribution in [0.4, 0.5) is 11.4 Å². The Morgan fingerprint density at radius 1 is 1.27 bits per heavy atom. The number of hydrogen-bond donors (Lipinski definition) is 1. The molecule has 0 saturated heterocycles. The third-order valence-electron chi connectivity index (χ3n) is 3.83. The number of pyridine rings is 1.